The van der Waals surface area contributed by atoms with Crippen molar-refractivity contribution in [3.63, 3.8) is 0 Å². The Hall–Kier alpha value is -2.13. The number of anilines is 1. The number of hydrogen-bond acceptors (Lipinski definition) is 4. The molecule has 0 fully saturated rings. The number of halogens is 8. The average molecular weight is 682 g/mol. The summed E-state index contributed by atoms with van der Waals surface area (Å²) in [5.41, 5.74) is -7.09. The third-order valence-corrected chi connectivity index (χ3v) is 7.38. The summed E-state index contributed by atoms with van der Waals surface area (Å²) >= 11 is 4.63. The summed E-state index contributed by atoms with van der Waals surface area (Å²) in [6, 6.07) is 5.15. The molecule has 0 radical (unpaired) electrons. The van der Waals surface area contributed by atoms with Crippen LogP contribution in [0.5, 0.6) is 0 Å². The SMILES string of the molecule is Cc1cc(C(F)(C(F)(F)F)C(F)(F)Br)ccc1NC(=O)c1cccc(Br)c1C(=O)N[C@@H](C)CS(C)(=O)=O. The summed E-state index contributed by atoms with van der Waals surface area (Å²) < 4.78 is 105. The monoisotopic (exact) mass is 680 g/mol. The highest BCUT2D eigenvalue weighted by molar-refractivity contribution is 9.10. The van der Waals surface area contributed by atoms with Gasteiger partial charge in [-0.1, -0.05) is 18.2 Å². The summed E-state index contributed by atoms with van der Waals surface area (Å²) in [7, 11) is -3.42. The van der Waals surface area contributed by atoms with Crippen LogP contribution >= 0.6 is 31.9 Å². The smallest absolute Gasteiger partial charge is 0.349 e. The van der Waals surface area contributed by atoms with Crippen molar-refractivity contribution in [2.75, 3.05) is 17.3 Å². The van der Waals surface area contributed by atoms with E-state index in [1.165, 1.54) is 48.0 Å². The number of rotatable bonds is 8. The van der Waals surface area contributed by atoms with E-state index in [4.69, 9.17) is 0 Å². The number of benzene rings is 2. The van der Waals surface area contributed by atoms with Gasteiger partial charge in [-0.2, -0.15) is 22.0 Å². The quantitative estimate of drug-likeness (QED) is 0.269. The van der Waals surface area contributed by atoms with Crippen LogP contribution in [0.1, 0.15) is 38.8 Å². The van der Waals surface area contributed by atoms with Gasteiger partial charge in [0, 0.05) is 28.0 Å². The fourth-order valence-corrected chi connectivity index (χ4v) is 5.42. The second kappa shape index (κ2) is 10.9. The minimum atomic E-state index is -5.97. The molecule has 2 amide bonds. The summed E-state index contributed by atoms with van der Waals surface area (Å²) in [4.78, 5) is 20.8. The topological polar surface area (TPSA) is 92.3 Å². The average Bonchev–Trinajstić information content (AvgIpc) is 2.71. The molecule has 0 heterocycles. The number of carbonyl (C=O) groups is 2. The first kappa shape index (κ1) is 31.1. The maximum Gasteiger partial charge on any atom is 0.433 e. The van der Waals surface area contributed by atoms with Crippen LogP contribution in [-0.4, -0.2) is 49.3 Å². The Bertz CT molecular complexity index is 1300. The Kier molecular flexibility index (Phi) is 9.18. The van der Waals surface area contributed by atoms with Crippen LogP contribution in [0.25, 0.3) is 0 Å². The summed E-state index contributed by atoms with van der Waals surface area (Å²) in [6.07, 6.45) is -4.98. The Morgan fingerprint density at radius 2 is 1.62 bits per heavy atom. The van der Waals surface area contributed by atoms with Gasteiger partial charge >= 0.3 is 16.7 Å². The van der Waals surface area contributed by atoms with Crippen LogP contribution in [0.15, 0.2) is 40.9 Å². The van der Waals surface area contributed by atoms with Crippen molar-refractivity contribution < 1.29 is 44.3 Å². The van der Waals surface area contributed by atoms with Crippen LogP contribution in [0.3, 0.4) is 0 Å². The molecule has 37 heavy (non-hydrogen) atoms. The van der Waals surface area contributed by atoms with Crippen molar-refractivity contribution in [1.29, 1.82) is 0 Å². The summed E-state index contributed by atoms with van der Waals surface area (Å²) in [5, 5.41) is 4.82. The predicted molar refractivity (Wildman–Crippen MR) is 133 cm³/mol. The minimum absolute atomic E-state index is 0.132. The first-order chi connectivity index (χ1) is 16.7. The van der Waals surface area contributed by atoms with Gasteiger partial charge in [0.25, 0.3) is 11.8 Å². The van der Waals surface area contributed by atoms with Gasteiger partial charge in [0.05, 0.1) is 16.9 Å². The van der Waals surface area contributed by atoms with E-state index in [1.54, 1.807) is 0 Å². The van der Waals surface area contributed by atoms with Crippen molar-refractivity contribution >= 4 is 59.2 Å². The van der Waals surface area contributed by atoms with Crippen LogP contribution in [0, 0.1) is 6.92 Å². The molecular weight excluding hydrogens is 662 g/mol. The molecule has 0 aliphatic heterocycles. The molecule has 6 nitrogen and oxygen atoms in total. The number of amides is 2. The molecule has 1 unspecified atom stereocenters. The molecule has 2 aromatic carbocycles. The molecule has 2 aromatic rings. The highest BCUT2D eigenvalue weighted by atomic mass is 79.9. The van der Waals surface area contributed by atoms with Crippen LogP contribution in [-0.2, 0) is 15.5 Å². The number of aryl methyl sites for hydroxylation is 1. The zero-order chi connectivity index (χ0) is 28.6. The lowest BCUT2D eigenvalue weighted by molar-refractivity contribution is -0.282. The molecule has 0 bridgehead atoms. The van der Waals surface area contributed by atoms with Crippen molar-refractivity contribution in [2.45, 2.75) is 36.6 Å². The largest absolute Gasteiger partial charge is 0.433 e. The van der Waals surface area contributed by atoms with E-state index in [-0.39, 0.29) is 32.6 Å². The second-order valence-corrected chi connectivity index (χ2v) is 12.3. The molecule has 0 aromatic heterocycles. The lowest BCUT2D eigenvalue weighted by Gasteiger charge is -2.32. The molecule has 0 aliphatic carbocycles. The number of sulfone groups is 1. The fraction of sp³-hybridized carbons (Fsp3) is 0.364. The van der Waals surface area contributed by atoms with Gasteiger partial charge in [0.15, 0.2) is 0 Å². The van der Waals surface area contributed by atoms with Crippen molar-refractivity contribution in [1.82, 2.24) is 5.32 Å². The molecule has 0 spiro atoms. The normalized spacial score (nSPS) is 15.0. The molecular formula is C22H20Br2F6N2O4S. The molecule has 15 heteroatoms. The Balaban J connectivity index is 2.40. The molecule has 2 N–H and O–H groups in total. The van der Waals surface area contributed by atoms with Crippen LogP contribution in [0.2, 0.25) is 0 Å². The molecule has 0 saturated carbocycles. The van der Waals surface area contributed by atoms with Gasteiger partial charge in [-0.3, -0.25) is 9.59 Å². The minimum Gasteiger partial charge on any atom is -0.349 e. The first-order valence-corrected chi connectivity index (χ1v) is 13.9. The van der Waals surface area contributed by atoms with Gasteiger partial charge in [-0.15, -0.1) is 0 Å². The first-order valence-electron chi connectivity index (χ1n) is 10.2. The molecule has 2 atom stereocenters. The van der Waals surface area contributed by atoms with E-state index >= 15 is 0 Å². The number of alkyl halides is 7. The van der Waals surface area contributed by atoms with Crippen LogP contribution in [0.4, 0.5) is 32.0 Å². The predicted octanol–water partition coefficient (Wildman–Crippen LogP) is 5.89. The van der Waals surface area contributed by atoms with E-state index in [9.17, 15) is 44.3 Å². The van der Waals surface area contributed by atoms with Gasteiger partial charge in [-0.05, 0) is 69.5 Å². The highest BCUT2D eigenvalue weighted by Gasteiger charge is 2.71. The number of nitrogens with one attached hydrogen (secondary N) is 2. The zero-order valence-electron chi connectivity index (χ0n) is 19.3. The van der Waals surface area contributed by atoms with Gasteiger partial charge in [-0.25, -0.2) is 12.8 Å². The Morgan fingerprint density at radius 3 is 2.11 bits per heavy atom. The summed E-state index contributed by atoms with van der Waals surface area (Å²) in [6.45, 7) is 2.62. The van der Waals surface area contributed by atoms with Gasteiger partial charge in [0.1, 0.15) is 9.84 Å². The summed E-state index contributed by atoms with van der Waals surface area (Å²) in [5.74, 6) is -2.04. The van der Waals surface area contributed by atoms with Crippen molar-refractivity contribution in [2.24, 2.45) is 0 Å². The van der Waals surface area contributed by atoms with Crippen molar-refractivity contribution in [3.05, 3.63) is 63.1 Å². The maximum atomic E-state index is 14.7. The van der Waals surface area contributed by atoms with Crippen LogP contribution < -0.4 is 10.6 Å². The molecule has 0 aliphatic rings. The highest BCUT2D eigenvalue weighted by Crippen LogP contribution is 2.55. The van der Waals surface area contributed by atoms with Gasteiger partial charge in [0.2, 0.25) is 0 Å². The lowest BCUT2D eigenvalue weighted by atomic mass is 9.93. The van der Waals surface area contributed by atoms with E-state index in [0.29, 0.717) is 12.1 Å². The third kappa shape index (κ3) is 7.05. The molecule has 0 saturated heterocycles. The number of carbonyl (C=O) groups excluding carboxylic acids is 2. The van der Waals surface area contributed by atoms with E-state index in [1.807, 2.05) is 0 Å². The molecule has 2 rings (SSSR count). The fourth-order valence-electron chi connectivity index (χ4n) is 3.43. The lowest BCUT2D eigenvalue weighted by Crippen LogP contribution is -2.49. The second-order valence-electron chi connectivity index (χ2n) is 8.27. The van der Waals surface area contributed by atoms with Gasteiger partial charge < -0.3 is 10.6 Å². The third-order valence-electron chi connectivity index (χ3n) is 5.07. The Labute approximate surface area is 225 Å². The Morgan fingerprint density at radius 1 is 1.03 bits per heavy atom. The van der Waals surface area contributed by atoms with E-state index < -0.39 is 49.9 Å². The maximum absolute atomic E-state index is 14.7. The number of hydrogen-bond donors (Lipinski definition) is 2. The van der Waals surface area contributed by atoms with E-state index in [0.717, 1.165) is 12.3 Å². The zero-order valence-corrected chi connectivity index (χ0v) is 23.3. The van der Waals surface area contributed by atoms with E-state index in [2.05, 4.69) is 26.6 Å². The standard InChI is InChI=1S/C22H20Br2F6N2O4S/c1-11-9-13(20(25,21(24,26)27)22(28,29)30)7-8-16(11)32-18(33)14-5-4-6-15(23)17(14)19(34)31-12(2)10-37(3,35)36/h4-9,12H,10H2,1-3H3,(H,31,34)(H,32,33)/t12-,20?/m0/s1. The molecule has 204 valence electrons. The van der Waals surface area contributed by atoms with Crippen molar-refractivity contribution in [3.8, 4) is 0 Å².